The van der Waals surface area contributed by atoms with Gasteiger partial charge in [-0.25, -0.2) is 4.98 Å². The van der Waals surface area contributed by atoms with Crippen LogP contribution in [-0.4, -0.2) is 9.38 Å². The second-order valence-corrected chi connectivity index (χ2v) is 4.97. The highest BCUT2D eigenvalue weighted by Crippen LogP contribution is 2.25. The number of para-hydroxylation sites is 1. The Bertz CT molecular complexity index is 724. The molecule has 0 atom stereocenters. The molecule has 4 nitrogen and oxygen atoms in total. The summed E-state index contributed by atoms with van der Waals surface area (Å²) in [5, 5.41) is 0. The summed E-state index contributed by atoms with van der Waals surface area (Å²) in [6.07, 6.45) is 1.78. The minimum Gasteiger partial charge on any atom is -0.486 e. The summed E-state index contributed by atoms with van der Waals surface area (Å²) in [7, 11) is 0. The lowest BCUT2D eigenvalue weighted by Gasteiger charge is -2.08. The van der Waals surface area contributed by atoms with E-state index >= 15 is 0 Å². The number of pyridine rings is 1. The number of aromatic nitrogens is 2. The molecule has 0 bridgehead atoms. The maximum atomic E-state index is 5.96. The number of rotatable bonds is 3. The number of ether oxygens (including phenoxy) is 1. The summed E-state index contributed by atoms with van der Waals surface area (Å²) in [4.78, 5) is 4.31. The van der Waals surface area contributed by atoms with Crippen LogP contribution in [0.3, 0.4) is 0 Å². The van der Waals surface area contributed by atoms with Gasteiger partial charge >= 0.3 is 0 Å². The van der Waals surface area contributed by atoms with Crippen molar-refractivity contribution in [2.75, 3.05) is 5.73 Å². The van der Waals surface area contributed by atoms with Crippen molar-refractivity contribution in [3.63, 3.8) is 0 Å². The third-order valence-electron chi connectivity index (χ3n) is 2.84. The third kappa shape index (κ3) is 2.29. The maximum absolute atomic E-state index is 5.96. The smallest absolute Gasteiger partial charge is 0.138 e. The lowest BCUT2D eigenvalue weighted by molar-refractivity contribution is 0.298. The normalized spacial score (nSPS) is 10.8. The summed E-state index contributed by atoms with van der Waals surface area (Å²) < 4.78 is 8.59. The van der Waals surface area contributed by atoms with E-state index in [1.165, 1.54) is 0 Å². The van der Waals surface area contributed by atoms with Gasteiger partial charge in [-0.2, -0.15) is 0 Å². The molecule has 2 aromatic heterocycles. The molecule has 19 heavy (non-hydrogen) atoms. The van der Waals surface area contributed by atoms with Crippen LogP contribution in [0.1, 0.15) is 5.69 Å². The highest BCUT2D eigenvalue weighted by molar-refractivity contribution is 9.10. The first-order chi connectivity index (χ1) is 9.25. The predicted molar refractivity (Wildman–Crippen MR) is 78.1 cm³/mol. The van der Waals surface area contributed by atoms with Crippen molar-refractivity contribution in [3.8, 4) is 5.75 Å². The monoisotopic (exact) mass is 317 g/mol. The predicted octanol–water partition coefficient (Wildman–Crippen LogP) is 3.26. The molecule has 5 heteroatoms. The molecule has 0 saturated heterocycles. The molecule has 2 heterocycles. The van der Waals surface area contributed by atoms with Crippen molar-refractivity contribution in [2.24, 2.45) is 0 Å². The molecule has 0 aliphatic carbocycles. The summed E-state index contributed by atoms with van der Waals surface area (Å²) in [5.74, 6) is 1.45. The van der Waals surface area contributed by atoms with Crippen molar-refractivity contribution in [2.45, 2.75) is 6.61 Å². The Morgan fingerprint density at radius 2 is 2.00 bits per heavy atom. The number of hydrogen-bond acceptors (Lipinski definition) is 3. The van der Waals surface area contributed by atoms with Gasteiger partial charge in [0.05, 0.1) is 16.4 Å². The van der Waals surface area contributed by atoms with Crippen LogP contribution in [0.5, 0.6) is 5.75 Å². The third-order valence-corrected chi connectivity index (χ3v) is 3.50. The Kier molecular flexibility index (Phi) is 3.13. The molecule has 0 aliphatic heterocycles. The van der Waals surface area contributed by atoms with Gasteiger partial charge in [-0.1, -0.05) is 18.2 Å². The van der Waals surface area contributed by atoms with Gasteiger partial charge in [0.1, 0.15) is 23.8 Å². The van der Waals surface area contributed by atoms with Gasteiger partial charge in [0.2, 0.25) is 0 Å². The lowest BCUT2D eigenvalue weighted by atomic mass is 10.3. The molecule has 3 aromatic rings. The van der Waals surface area contributed by atoms with E-state index in [1.807, 2.05) is 46.9 Å². The van der Waals surface area contributed by atoms with Crippen LogP contribution >= 0.6 is 15.9 Å². The standard InChI is InChI=1S/C14H12BrN3O/c15-11-4-1-2-5-12(11)19-9-10-8-17-14-7-3-6-13(16)18(10)14/h1-8H,9,16H2. The Labute approximate surface area is 119 Å². The van der Waals surface area contributed by atoms with E-state index in [2.05, 4.69) is 20.9 Å². The number of nitrogens with zero attached hydrogens (tertiary/aromatic N) is 2. The van der Waals surface area contributed by atoms with Crippen molar-refractivity contribution in [3.05, 3.63) is 58.8 Å². The number of nitrogen functional groups attached to an aromatic ring is 1. The molecule has 3 rings (SSSR count). The fourth-order valence-electron chi connectivity index (χ4n) is 1.94. The number of nitrogens with two attached hydrogens (primary N) is 1. The fourth-order valence-corrected chi connectivity index (χ4v) is 2.34. The maximum Gasteiger partial charge on any atom is 0.138 e. The summed E-state index contributed by atoms with van der Waals surface area (Å²) in [5.41, 5.74) is 7.70. The zero-order valence-electron chi connectivity index (χ0n) is 10.1. The molecule has 0 unspecified atom stereocenters. The van der Waals surface area contributed by atoms with Crippen LogP contribution in [0.2, 0.25) is 0 Å². The topological polar surface area (TPSA) is 52.5 Å². The van der Waals surface area contributed by atoms with Crippen LogP contribution in [-0.2, 0) is 6.61 Å². The second-order valence-electron chi connectivity index (χ2n) is 4.11. The fraction of sp³-hybridized carbons (Fsp3) is 0.0714. The van der Waals surface area contributed by atoms with Gasteiger partial charge in [0, 0.05) is 0 Å². The first kappa shape index (κ1) is 12.0. The molecule has 0 spiro atoms. The minimum atomic E-state index is 0.415. The molecule has 0 aliphatic rings. The molecular weight excluding hydrogens is 306 g/mol. The second kappa shape index (κ2) is 4.93. The molecule has 0 radical (unpaired) electrons. The van der Waals surface area contributed by atoms with E-state index in [0.717, 1.165) is 21.6 Å². The molecular formula is C14H12BrN3O. The first-order valence-corrected chi connectivity index (χ1v) is 6.63. The van der Waals surface area contributed by atoms with Gasteiger partial charge in [-0.05, 0) is 40.2 Å². The number of anilines is 1. The van der Waals surface area contributed by atoms with E-state index in [-0.39, 0.29) is 0 Å². The Hall–Kier alpha value is -2.01. The van der Waals surface area contributed by atoms with E-state index < -0.39 is 0 Å². The van der Waals surface area contributed by atoms with Crippen LogP contribution in [0.4, 0.5) is 5.82 Å². The van der Waals surface area contributed by atoms with E-state index in [9.17, 15) is 0 Å². The molecule has 96 valence electrons. The lowest BCUT2D eigenvalue weighted by Crippen LogP contribution is -2.03. The van der Waals surface area contributed by atoms with Crippen LogP contribution in [0.15, 0.2) is 53.1 Å². The van der Waals surface area contributed by atoms with Crippen LogP contribution in [0.25, 0.3) is 5.65 Å². The zero-order valence-corrected chi connectivity index (χ0v) is 11.7. The molecule has 0 fully saturated rings. The van der Waals surface area contributed by atoms with Gasteiger partial charge < -0.3 is 10.5 Å². The summed E-state index contributed by atoms with van der Waals surface area (Å²) in [6, 6.07) is 13.4. The van der Waals surface area contributed by atoms with Gasteiger partial charge in [0.15, 0.2) is 0 Å². The summed E-state index contributed by atoms with van der Waals surface area (Å²) >= 11 is 3.45. The quantitative estimate of drug-likeness (QED) is 0.806. The highest BCUT2D eigenvalue weighted by Gasteiger charge is 2.07. The van der Waals surface area contributed by atoms with Crippen molar-refractivity contribution in [1.82, 2.24) is 9.38 Å². The van der Waals surface area contributed by atoms with E-state index in [4.69, 9.17) is 10.5 Å². The Morgan fingerprint density at radius 1 is 1.16 bits per heavy atom. The van der Waals surface area contributed by atoms with Crippen LogP contribution < -0.4 is 10.5 Å². The van der Waals surface area contributed by atoms with Gasteiger partial charge in [-0.15, -0.1) is 0 Å². The highest BCUT2D eigenvalue weighted by atomic mass is 79.9. The van der Waals surface area contributed by atoms with Gasteiger partial charge in [-0.3, -0.25) is 4.40 Å². The van der Waals surface area contributed by atoms with E-state index in [1.54, 1.807) is 6.20 Å². The first-order valence-electron chi connectivity index (χ1n) is 5.84. The van der Waals surface area contributed by atoms with Crippen LogP contribution in [0, 0.1) is 0 Å². The average molecular weight is 318 g/mol. The summed E-state index contributed by atoms with van der Waals surface area (Å²) in [6.45, 7) is 0.415. The number of imidazole rings is 1. The molecule has 1 aromatic carbocycles. The zero-order chi connectivity index (χ0) is 13.2. The van der Waals surface area contributed by atoms with Crippen molar-refractivity contribution >= 4 is 27.4 Å². The van der Waals surface area contributed by atoms with E-state index in [0.29, 0.717) is 12.4 Å². The number of fused-ring (bicyclic) bond motifs is 1. The van der Waals surface area contributed by atoms with Crippen molar-refractivity contribution < 1.29 is 4.74 Å². The number of benzene rings is 1. The molecule has 0 amide bonds. The SMILES string of the molecule is Nc1cccc2ncc(COc3ccccc3Br)n12. The van der Waals surface area contributed by atoms with Crippen molar-refractivity contribution in [1.29, 1.82) is 0 Å². The van der Waals surface area contributed by atoms with Gasteiger partial charge in [0.25, 0.3) is 0 Å². The molecule has 0 saturated carbocycles. The number of hydrogen-bond donors (Lipinski definition) is 1. The number of halogens is 1. The Morgan fingerprint density at radius 3 is 2.84 bits per heavy atom. The Balaban J connectivity index is 1.89. The average Bonchev–Trinajstić information content (AvgIpc) is 2.83. The minimum absolute atomic E-state index is 0.415. The molecule has 2 N–H and O–H groups in total. The largest absolute Gasteiger partial charge is 0.486 e.